The molecule has 0 bridgehead atoms. The molecule has 1 saturated carbocycles. The van der Waals surface area contributed by atoms with Crippen LogP contribution in [0.1, 0.15) is 49.4 Å². The number of amides is 3. The average molecular weight is 1170 g/mol. The number of aryl methyl sites for hydroxylation is 2. The van der Waals surface area contributed by atoms with Crippen molar-refractivity contribution in [1.29, 1.82) is 0 Å². The lowest BCUT2D eigenvalue weighted by atomic mass is 10.0. The van der Waals surface area contributed by atoms with Gasteiger partial charge in [-0.05, 0) is 44.5 Å². The van der Waals surface area contributed by atoms with Crippen molar-refractivity contribution in [1.82, 2.24) is 54.8 Å². The molecule has 0 spiro atoms. The van der Waals surface area contributed by atoms with Crippen LogP contribution in [0.3, 0.4) is 0 Å². The number of nitrogens with one attached hydrogen (secondary N) is 4. The van der Waals surface area contributed by atoms with Gasteiger partial charge in [0.15, 0.2) is 22.8 Å². The van der Waals surface area contributed by atoms with Gasteiger partial charge in [-0.15, -0.1) is 5.10 Å². The number of hydrogen-bond acceptors (Lipinski definition) is 22. The van der Waals surface area contributed by atoms with E-state index in [2.05, 4.69) is 51.2 Å². The zero-order valence-electron chi connectivity index (χ0n) is 49.2. The first-order chi connectivity index (χ1) is 40.8. The van der Waals surface area contributed by atoms with Crippen LogP contribution in [0.25, 0.3) is 11.2 Å². The fraction of sp³-hybridized carbons (Fsp3) is 0.589. The van der Waals surface area contributed by atoms with Crippen molar-refractivity contribution < 1.29 is 56.7 Å². The van der Waals surface area contributed by atoms with Gasteiger partial charge in [-0.25, -0.2) is 14.4 Å². The van der Waals surface area contributed by atoms with Crippen molar-refractivity contribution in [3.05, 3.63) is 54.6 Å². The molecule has 5 aromatic rings. The van der Waals surface area contributed by atoms with E-state index in [9.17, 15) is 14.4 Å². The van der Waals surface area contributed by atoms with Crippen LogP contribution in [0, 0.1) is 0 Å². The summed E-state index contributed by atoms with van der Waals surface area (Å²) in [6.07, 6.45) is 11.9. The third-order valence-corrected chi connectivity index (χ3v) is 14.5. The molecule has 8 rings (SSSR count). The predicted octanol–water partition coefficient (Wildman–Crippen LogP) is 3.56. The number of carbonyl (C=O) groups is 3. The minimum Gasteiger partial charge on any atom is -0.495 e. The fourth-order valence-electron chi connectivity index (χ4n) is 10.0. The Kier molecular flexibility index (Phi) is 23.5. The molecular weight excluding hydrogens is 1090 g/mol. The lowest BCUT2D eigenvalue weighted by molar-refractivity contribution is -0.120. The van der Waals surface area contributed by atoms with Crippen molar-refractivity contribution in [3.8, 4) is 11.6 Å². The number of benzene rings is 1. The van der Waals surface area contributed by atoms with E-state index in [1.165, 1.54) is 20.3 Å². The van der Waals surface area contributed by atoms with Crippen LogP contribution in [0.15, 0.2) is 49.1 Å². The summed E-state index contributed by atoms with van der Waals surface area (Å²) in [5, 5.41) is 16.4. The van der Waals surface area contributed by atoms with Crippen molar-refractivity contribution >= 4 is 69.5 Å². The van der Waals surface area contributed by atoms with Crippen LogP contribution in [-0.2, 0) is 52.1 Å². The minimum atomic E-state index is -1.33. The van der Waals surface area contributed by atoms with Gasteiger partial charge in [-0.1, -0.05) is 25.8 Å². The molecule has 84 heavy (non-hydrogen) atoms. The number of carbonyl (C=O) groups excluding carboxylic acids is 3. The molecule has 28 heteroatoms. The zero-order valence-corrected chi connectivity index (χ0v) is 49.2. The van der Waals surface area contributed by atoms with Crippen molar-refractivity contribution in [2.75, 3.05) is 166 Å². The Morgan fingerprint density at radius 2 is 1.50 bits per heavy atom. The molecule has 3 atom stereocenters. The van der Waals surface area contributed by atoms with Crippen LogP contribution in [0.2, 0.25) is 0 Å². The Morgan fingerprint density at radius 1 is 0.821 bits per heavy atom. The van der Waals surface area contributed by atoms with E-state index in [1.54, 1.807) is 76.1 Å². The number of ether oxygens (including phenoxy) is 8. The maximum absolute atomic E-state index is 15.3. The van der Waals surface area contributed by atoms with E-state index in [0.717, 1.165) is 31.5 Å². The number of imidazole rings is 1. The Balaban J connectivity index is 0.592. The number of anilines is 7. The smallest absolute Gasteiger partial charge is 0.256 e. The SMILES string of the molecule is CC[C@@H]1C(=O)N(C)c2cnc(Nc3ccc(C(=O)NCCOCCOCCOCCOCCOCCOCCN(C)C/C=C/C(=O)N[C@@H]4CN(c5nc(Nc6cn(C)nc6OC)c6ncn(C)c6n5)C[C@H]4F)cc3OC)nc2N1C1CCCC1. The summed E-state index contributed by atoms with van der Waals surface area (Å²) in [6.45, 7) is 8.63. The van der Waals surface area contributed by atoms with Gasteiger partial charge in [-0.3, -0.25) is 19.1 Å². The van der Waals surface area contributed by atoms with Gasteiger partial charge < -0.3 is 83.3 Å². The van der Waals surface area contributed by atoms with E-state index in [1.807, 2.05) is 25.9 Å². The number of fused-ring (bicyclic) bond motifs is 2. The number of methoxy groups -OCH3 is 2. The monoisotopic (exact) mass is 1170 g/mol. The second kappa shape index (κ2) is 31.5. The summed E-state index contributed by atoms with van der Waals surface area (Å²) >= 11 is 0. The highest BCUT2D eigenvalue weighted by Crippen LogP contribution is 2.41. The van der Waals surface area contributed by atoms with Crippen molar-refractivity contribution in [2.24, 2.45) is 14.1 Å². The van der Waals surface area contributed by atoms with Crippen LogP contribution in [0.4, 0.5) is 45.0 Å². The number of aromatic nitrogens is 8. The second-order valence-electron chi connectivity index (χ2n) is 20.5. The molecule has 6 heterocycles. The Bertz CT molecular complexity index is 2960. The summed E-state index contributed by atoms with van der Waals surface area (Å²) < 4.78 is 63.4. The highest BCUT2D eigenvalue weighted by Gasteiger charge is 2.41. The van der Waals surface area contributed by atoms with Gasteiger partial charge in [0.2, 0.25) is 23.7 Å². The number of hydrogen-bond donors (Lipinski definition) is 4. The van der Waals surface area contributed by atoms with Crippen LogP contribution in [-0.4, -0.2) is 227 Å². The number of likely N-dealkylation sites (N-methyl/N-ethyl adjacent to an activating group) is 2. The minimum absolute atomic E-state index is 0.00817. The molecule has 2 fully saturated rings. The van der Waals surface area contributed by atoms with E-state index < -0.39 is 12.2 Å². The van der Waals surface area contributed by atoms with Gasteiger partial charge >= 0.3 is 0 Å². The summed E-state index contributed by atoms with van der Waals surface area (Å²) in [5.41, 5.74) is 3.39. The fourth-order valence-corrected chi connectivity index (χ4v) is 10.0. The van der Waals surface area contributed by atoms with E-state index >= 15 is 4.39 Å². The molecule has 0 radical (unpaired) electrons. The summed E-state index contributed by atoms with van der Waals surface area (Å²) in [7, 11) is 10.3. The summed E-state index contributed by atoms with van der Waals surface area (Å²) in [6, 6.07) is 4.35. The second-order valence-corrected chi connectivity index (χ2v) is 20.5. The van der Waals surface area contributed by atoms with Gasteiger partial charge in [0.05, 0.1) is 130 Å². The molecule has 4 aromatic heterocycles. The number of nitrogens with zero attached hydrogens (tertiary/aromatic N) is 12. The van der Waals surface area contributed by atoms with Gasteiger partial charge in [0, 0.05) is 65.0 Å². The number of halogens is 1. The predicted molar refractivity (Wildman–Crippen MR) is 313 cm³/mol. The average Bonchev–Trinajstić information content (AvgIpc) is 4.54. The first-order valence-electron chi connectivity index (χ1n) is 28.6. The zero-order chi connectivity index (χ0) is 59.4. The van der Waals surface area contributed by atoms with Gasteiger partial charge in [-0.2, -0.15) is 15.0 Å². The molecule has 3 aliphatic rings. The standard InChI is InChI=1S/C56H81FN16O11/c1-8-44-54(76)71(5)45-33-59-55(65-50(45)73(44)39-12-9-10-13-39)63-41-16-15-38(32-46(41)77-6)52(75)58-17-20-79-22-24-81-26-28-83-30-31-84-29-27-82-25-23-80-21-19-68(2)18-11-14-47(74)61-42-36-72(34-40(42)57)56-64-49(48-51(66-56)69(3)37-60-48)62-43-35-70(4)67-53(43)78-7/h11,14-16,32-33,35,37,39-40,42,44H,8-10,12-13,17-31,34,36H2,1-7H3,(H,58,75)(H,61,74)(H,59,63,65)(H,62,64,66)/b14-11+/t40-,42-,44-/m1/s1. The maximum Gasteiger partial charge on any atom is 0.256 e. The molecule has 1 aliphatic carbocycles. The van der Waals surface area contributed by atoms with Gasteiger partial charge in [0.25, 0.3) is 11.8 Å². The largest absolute Gasteiger partial charge is 0.495 e. The molecule has 4 N–H and O–H groups in total. The third kappa shape index (κ3) is 16.9. The lowest BCUT2D eigenvalue weighted by Crippen LogP contribution is -2.55. The Morgan fingerprint density at radius 3 is 2.17 bits per heavy atom. The van der Waals surface area contributed by atoms with Crippen LogP contribution >= 0.6 is 0 Å². The lowest BCUT2D eigenvalue weighted by Gasteiger charge is -2.43. The molecule has 0 unspecified atom stereocenters. The molecule has 27 nitrogen and oxygen atoms in total. The molecule has 1 saturated heterocycles. The normalized spacial score (nSPS) is 17.3. The highest BCUT2D eigenvalue weighted by atomic mass is 19.1. The van der Waals surface area contributed by atoms with E-state index in [-0.39, 0.29) is 42.9 Å². The van der Waals surface area contributed by atoms with Gasteiger partial charge in [0.1, 0.15) is 29.3 Å². The van der Waals surface area contributed by atoms with Crippen molar-refractivity contribution in [2.45, 2.75) is 63.3 Å². The molecule has 2 aliphatic heterocycles. The highest BCUT2D eigenvalue weighted by molar-refractivity contribution is 6.04. The maximum atomic E-state index is 15.3. The summed E-state index contributed by atoms with van der Waals surface area (Å²) in [5.74, 6) is 2.07. The Labute approximate surface area is 488 Å². The molecular formula is C56H81FN16O11. The van der Waals surface area contributed by atoms with Crippen LogP contribution in [0.5, 0.6) is 11.6 Å². The first kappa shape index (κ1) is 62.7. The van der Waals surface area contributed by atoms with Crippen LogP contribution < -0.4 is 45.4 Å². The Hall–Kier alpha value is -7.34. The number of alkyl halides is 1. The summed E-state index contributed by atoms with van der Waals surface area (Å²) in [4.78, 5) is 69.9. The molecule has 3 amide bonds. The van der Waals surface area contributed by atoms with E-state index in [4.69, 9.17) is 42.9 Å². The van der Waals surface area contributed by atoms with E-state index in [0.29, 0.717) is 168 Å². The molecule has 1 aromatic carbocycles. The first-order valence-corrected chi connectivity index (χ1v) is 28.6. The molecule has 458 valence electrons. The number of rotatable bonds is 35. The van der Waals surface area contributed by atoms with Crippen molar-refractivity contribution in [3.63, 3.8) is 0 Å². The topological polar surface area (TPSA) is 273 Å². The third-order valence-electron chi connectivity index (χ3n) is 14.5. The quantitative estimate of drug-likeness (QED) is 0.0334.